The number of hydrazone groups is 1. The molecule has 0 saturated heterocycles. The number of nitrogens with one attached hydrogen (secondary N) is 2. The third-order valence-electron chi connectivity index (χ3n) is 4.62. The Morgan fingerprint density at radius 2 is 1.75 bits per heavy atom. The molecular formula is C23H20N4S. The molecule has 1 heterocycles. The van der Waals surface area contributed by atoms with Crippen LogP contribution in [-0.2, 0) is 0 Å². The lowest BCUT2D eigenvalue weighted by molar-refractivity contribution is 1.04. The number of fused-ring (bicyclic) bond motifs is 1. The maximum atomic E-state index is 5.53. The summed E-state index contributed by atoms with van der Waals surface area (Å²) in [7, 11) is 0. The molecule has 0 atom stereocenters. The molecule has 0 amide bonds. The van der Waals surface area contributed by atoms with Crippen LogP contribution in [-0.4, -0.2) is 16.3 Å². The van der Waals surface area contributed by atoms with Crippen LogP contribution in [0.25, 0.3) is 33.3 Å². The summed E-state index contributed by atoms with van der Waals surface area (Å²) < 4.78 is 0. The number of rotatable bonds is 4. The van der Waals surface area contributed by atoms with Crippen molar-refractivity contribution in [1.29, 1.82) is 0 Å². The molecule has 3 aromatic carbocycles. The Morgan fingerprint density at radius 3 is 2.50 bits per heavy atom. The van der Waals surface area contributed by atoms with Crippen LogP contribution in [0.5, 0.6) is 0 Å². The summed E-state index contributed by atoms with van der Waals surface area (Å²) >= 11 is 4.87. The molecule has 0 aliphatic carbocycles. The van der Waals surface area contributed by atoms with E-state index in [1.54, 1.807) is 6.21 Å². The average molecular weight is 385 g/mol. The molecule has 0 radical (unpaired) electrons. The monoisotopic (exact) mass is 384 g/mol. The van der Waals surface area contributed by atoms with Gasteiger partial charge in [0.15, 0.2) is 5.11 Å². The first kappa shape index (κ1) is 17.9. The predicted octanol–water partition coefficient (Wildman–Crippen LogP) is 4.98. The first-order valence-electron chi connectivity index (χ1n) is 8.99. The van der Waals surface area contributed by atoms with Crippen molar-refractivity contribution in [3.8, 4) is 22.4 Å². The van der Waals surface area contributed by atoms with Crippen LogP contribution in [0.1, 0.15) is 11.1 Å². The lowest BCUT2D eigenvalue weighted by Gasteiger charge is -2.07. The molecule has 0 spiro atoms. The molecule has 0 fully saturated rings. The van der Waals surface area contributed by atoms with Crippen molar-refractivity contribution in [3.63, 3.8) is 0 Å². The Bertz CT molecular complexity index is 1180. The zero-order valence-corrected chi connectivity index (χ0v) is 16.3. The Balaban J connectivity index is 1.99. The van der Waals surface area contributed by atoms with Crippen molar-refractivity contribution >= 4 is 34.4 Å². The van der Waals surface area contributed by atoms with Crippen LogP contribution in [0.3, 0.4) is 0 Å². The number of nitrogens with zero attached hydrogens (tertiary/aromatic N) is 1. The van der Waals surface area contributed by atoms with E-state index in [0.29, 0.717) is 0 Å². The van der Waals surface area contributed by atoms with Crippen LogP contribution in [0.2, 0.25) is 0 Å². The molecule has 0 unspecified atom stereocenters. The molecule has 28 heavy (non-hydrogen) atoms. The van der Waals surface area contributed by atoms with Gasteiger partial charge in [-0.1, -0.05) is 72.3 Å². The van der Waals surface area contributed by atoms with E-state index in [2.05, 4.69) is 77.0 Å². The Hall–Kier alpha value is -3.44. The van der Waals surface area contributed by atoms with Gasteiger partial charge in [0.2, 0.25) is 0 Å². The van der Waals surface area contributed by atoms with E-state index in [4.69, 9.17) is 18.0 Å². The number of aromatic nitrogens is 1. The molecule has 0 aliphatic heterocycles. The second-order valence-electron chi connectivity index (χ2n) is 6.61. The van der Waals surface area contributed by atoms with Gasteiger partial charge in [-0.05, 0) is 41.9 Å². The maximum Gasteiger partial charge on any atom is 0.184 e. The quantitative estimate of drug-likeness (QED) is 0.264. The third-order valence-corrected chi connectivity index (χ3v) is 4.71. The zero-order chi connectivity index (χ0) is 19.5. The minimum atomic E-state index is 0.135. The highest BCUT2D eigenvalue weighted by Gasteiger charge is 2.16. The summed E-state index contributed by atoms with van der Waals surface area (Å²) in [4.78, 5) is 3.56. The second-order valence-corrected chi connectivity index (χ2v) is 7.05. The Morgan fingerprint density at radius 1 is 1.00 bits per heavy atom. The van der Waals surface area contributed by atoms with Crippen LogP contribution in [0.4, 0.5) is 0 Å². The van der Waals surface area contributed by atoms with Crippen molar-refractivity contribution < 1.29 is 0 Å². The standard InChI is InChI=1S/C23H20N4S/c1-15-7-5-10-17(13-15)18-11-6-12-20-21(18)19(14-25-27-23(24)28)22(26-20)16-8-3-2-4-9-16/h2-14,26H,1H3,(H3,24,27,28)/b25-14+. The van der Waals surface area contributed by atoms with Crippen molar-refractivity contribution in [3.05, 3.63) is 83.9 Å². The van der Waals surface area contributed by atoms with Gasteiger partial charge in [-0.2, -0.15) is 5.10 Å². The van der Waals surface area contributed by atoms with E-state index in [1.165, 1.54) is 11.1 Å². The average Bonchev–Trinajstić information content (AvgIpc) is 3.07. The van der Waals surface area contributed by atoms with E-state index in [-0.39, 0.29) is 5.11 Å². The molecule has 0 aliphatic rings. The number of thiocarbonyl (C=S) groups is 1. The Labute approximate surface area is 169 Å². The highest BCUT2D eigenvalue weighted by Crippen LogP contribution is 2.36. The lowest BCUT2D eigenvalue weighted by Crippen LogP contribution is -2.24. The van der Waals surface area contributed by atoms with E-state index in [0.717, 1.165) is 33.3 Å². The number of hydrogen-bond donors (Lipinski definition) is 3. The van der Waals surface area contributed by atoms with Crippen LogP contribution in [0.15, 0.2) is 77.9 Å². The Kier molecular flexibility index (Phi) is 4.91. The smallest absolute Gasteiger partial charge is 0.184 e. The molecule has 4 rings (SSSR count). The topological polar surface area (TPSA) is 66.2 Å². The van der Waals surface area contributed by atoms with Gasteiger partial charge in [-0.15, -0.1) is 0 Å². The molecule has 4 aromatic rings. The van der Waals surface area contributed by atoms with Crippen LogP contribution >= 0.6 is 12.2 Å². The predicted molar refractivity (Wildman–Crippen MR) is 121 cm³/mol. The van der Waals surface area contributed by atoms with Crippen molar-refractivity contribution in [1.82, 2.24) is 10.4 Å². The van der Waals surface area contributed by atoms with E-state index < -0.39 is 0 Å². The van der Waals surface area contributed by atoms with Gasteiger partial charge in [0.25, 0.3) is 0 Å². The molecule has 138 valence electrons. The summed E-state index contributed by atoms with van der Waals surface area (Å²) in [5.74, 6) is 0. The van der Waals surface area contributed by atoms with E-state index >= 15 is 0 Å². The summed E-state index contributed by atoms with van der Waals surface area (Å²) in [6.45, 7) is 2.10. The summed E-state index contributed by atoms with van der Waals surface area (Å²) in [5, 5.41) is 5.49. The first-order chi connectivity index (χ1) is 13.6. The molecular weight excluding hydrogens is 364 g/mol. The SMILES string of the molecule is Cc1cccc(-c2cccc3[nH]c(-c4ccccc4)c(/C=N/NC(N)=S)c23)c1. The van der Waals surface area contributed by atoms with E-state index in [9.17, 15) is 0 Å². The number of aryl methyl sites for hydroxylation is 1. The van der Waals surface area contributed by atoms with Crippen molar-refractivity contribution in [2.75, 3.05) is 0 Å². The molecule has 4 nitrogen and oxygen atoms in total. The van der Waals surface area contributed by atoms with Gasteiger partial charge in [0.05, 0.1) is 11.9 Å². The molecule has 1 aromatic heterocycles. The molecule has 5 heteroatoms. The number of nitrogens with two attached hydrogens (primary N) is 1. The zero-order valence-electron chi connectivity index (χ0n) is 15.4. The number of benzene rings is 3. The van der Waals surface area contributed by atoms with Crippen LogP contribution in [0, 0.1) is 6.92 Å². The van der Waals surface area contributed by atoms with Gasteiger partial charge >= 0.3 is 0 Å². The fourth-order valence-corrected chi connectivity index (χ4v) is 3.50. The van der Waals surface area contributed by atoms with Gasteiger partial charge < -0.3 is 10.7 Å². The van der Waals surface area contributed by atoms with Gasteiger partial charge in [-0.25, -0.2) is 0 Å². The molecule has 0 saturated carbocycles. The number of H-pyrrole nitrogens is 1. The largest absolute Gasteiger partial charge is 0.375 e. The summed E-state index contributed by atoms with van der Waals surface area (Å²) in [5.41, 5.74) is 15.9. The lowest BCUT2D eigenvalue weighted by atomic mass is 9.96. The van der Waals surface area contributed by atoms with Gasteiger partial charge in [0.1, 0.15) is 0 Å². The second kappa shape index (κ2) is 7.66. The first-order valence-corrected chi connectivity index (χ1v) is 9.40. The third kappa shape index (κ3) is 3.52. The normalized spacial score (nSPS) is 11.2. The molecule has 0 bridgehead atoms. The summed E-state index contributed by atoms with van der Waals surface area (Å²) in [6, 6.07) is 25.0. The maximum absolute atomic E-state index is 5.53. The van der Waals surface area contributed by atoms with Crippen molar-refractivity contribution in [2.45, 2.75) is 6.92 Å². The fraction of sp³-hybridized carbons (Fsp3) is 0.0435. The number of aromatic amines is 1. The van der Waals surface area contributed by atoms with Gasteiger partial charge in [-0.3, -0.25) is 5.43 Å². The molecule has 4 N–H and O–H groups in total. The fourth-order valence-electron chi connectivity index (χ4n) is 3.45. The van der Waals surface area contributed by atoms with Crippen LogP contribution < -0.4 is 11.2 Å². The van der Waals surface area contributed by atoms with Gasteiger partial charge in [0, 0.05) is 16.5 Å². The van der Waals surface area contributed by atoms with E-state index in [1.807, 2.05) is 18.2 Å². The minimum Gasteiger partial charge on any atom is -0.375 e. The summed E-state index contributed by atoms with van der Waals surface area (Å²) in [6.07, 6.45) is 1.78. The minimum absolute atomic E-state index is 0.135. The number of hydrogen-bond acceptors (Lipinski definition) is 2. The highest BCUT2D eigenvalue weighted by molar-refractivity contribution is 7.80. The highest BCUT2D eigenvalue weighted by atomic mass is 32.1. The van der Waals surface area contributed by atoms with Crippen molar-refractivity contribution in [2.24, 2.45) is 10.8 Å².